The topological polar surface area (TPSA) is 67.2 Å². The predicted octanol–water partition coefficient (Wildman–Crippen LogP) is 3.03. The van der Waals surface area contributed by atoms with Gasteiger partial charge in [-0.3, -0.25) is 0 Å². The fourth-order valence-corrected chi connectivity index (χ4v) is 2.93. The SMILES string of the molecule is COc1ccc(/C=C(\C#N)S(=O)(=O)c2ccccc2)cc1. The Morgan fingerprint density at radius 2 is 1.71 bits per heavy atom. The van der Waals surface area contributed by atoms with Gasteiger partial charge in [-0.05, 0) is 35.9 Å². The molecule has 5 heteroatoms. The van der Waals surface area contributed by atoms with E-state index in [-0.39, 0.29) is 9.80 Å². The van der Waals surface area contributed by atoms with Gasteiger partial charge < -0.3 is 4.74 Å². The third-order valence-corrected chi connectivity index (χ3v) is 4.55. The summed E-state index contributed by atoms with van der Waals surface area (Å²) < 4.78 is 29.8. The second kappa shape index (κ2) is 6.25. The summed E-state index contributed by atoms with van der Waals surface area (Å²) >= 11 is 0. The number of methoxy groups -OCH3 is 1. The molecule has 0 spiro atoms. The lowest BCUT2D eigenvalue weighted by Gasteiger charge is -2.03. The normalized spacial score (nSPS) is 11.7. The molecule has 21 heavy (non-hydrogen) atoms. The van der Waals surface area contributed by atoms with Gasteiger partial charge in [0.1, 0.15) is 16.7 Å². The van der Waals surface area contributed by atoms with E-state index in [0.717, 1.165) is 0 Å². The van der Waals surface area contributed by atoms with Gasteiger partial charge in [-0.1, -0.05) is 30.3 Å². The Hall–Kier alpha value is -2.58. The van der Waals surface area contributed by atoms with Crippen LogP contribution in [0.3, 0.4) is 0 Å². The van der Waals surface area contributed by atoms with Gasteiger partial charge in [0.05, 0.1) is 12.0 Å². The molecule has 0 amide bonds. The molecule has 2 aromatic rings. The summed E-state index contributed by atoms with van der Waals surface area (Å²) in [6.07, 6.45) is 1.35. The molecule has 0 atom stereocenters. The fraction of sp³-hybridized carbons (Fsp3) is 0.0625. The molecule has 0 heterocycles. The van der Waals surface area contributed by atoms with Crippen molar-refractivity contribution in [1.82, 2.24) is 0 Å². The van der Waals surface area contributed by atoms with Gasteiger partial charge >= 0.3 is 0 Å². The molecule has 0 aliphatic heterocycles. The number of benzene rings is 2. The number of ether oxygens (including phenoxy) is 1. The standard InChI is InChI=1S/C16H13NO3S/c1-20-14-9-7-13(8-10-14)11-16(12-17)21(18,19)15-5-3-2-4-6-15/h2-11H,1H3/b16-11+. The van der Waals surface area contributed by atoms with Crippen molar-refractivity contribution in [3.05, 3.63) is 65.1 Å². The first kappa shape index (κ1) is 14.8. The van der Waals surface area contributed by atoms with Crippen LogP contribution >= 0.6 is 0 Å². The van der Waals surface area contributed by atoms with Gasteiger partial charge in [-0.2, -0.15) is 5.26 Å². The summed E-state index contributed by atoms with van der Waals surface area (Å²) in [6, 6.07) is 16.4. The van der Waals surface area contributed by atoms with Crippen LogP contribution in [0.1, 0.15) is 5.56 Å². The van der Waals surface area contributed by atoms with Crippen LogP contribution in [0.25, 0.3) is 6.08 Å². The Bertz CT molecular complexity index is 786. The fourth-order valence-electron chi connectivity index (χ4n) is 1.75. The van der Waals surface area contributed by atoms with Crippen molar-refractivity contribution in [3.63, 3.8) is 0 Å². The molecule has 0 fully saturated rings. The molecule has 0 saturated carbocycles. The Morgan fingerprint density at radius 3 is 2.24 bits per heavy atom. The van der Waals surface area contributed by atoms with Crippen LogP contribution < -0.4 is 4.74 Å². The molecule has 0 aliphatic carbocycles. The summed E-state index contributed by atoms with van der Waals surface area (Å²) in [5.74, 6) is 0.663. The highest BCUT2D eigenvalue weighted by Crippen LogP contribution is 2.21. The summed E-state index contributed by atoms with van der Waals surface area (Å²) in [4.78, 5) is -0.190. The van der Waals surface area contributed by atoms with Gasteiger partial charge in [0.2, 0.25) is 9.84 Å². The van der Waals surface area contributed by atoms with Crippen molar-refractivity contribution in [1.29, 1.82) is 5.26 Å². The third kappa shape index (κ3) is 3.30. The Morgan fingerprint density at radius 1 is 1.10 bits per heavy atom. The van der Waals surface area contributed by atoms with Crippen molar-refractivity contribution < 1.29 is 13.2 Å². The smallest absolute Gasteiger partial charge is 0.216 e. The van der Waals surface area contributed by atoms with Crippen LogP contribution in [0.4, 0.5) is 0 Å². The highest BCUT2D eigenvalue weighted by Gasteiger charge is 2.20. The largest absolute Gasteiger partial charge is 0.497 e. The zero-order valence-corrected chi connectivity index (χ0v) is 12.2. The van der Waals surface area contributed by atoms with Gasteiger partial charge in [0, 0.05) is 0 Å². The second-order valence-electron chi connectivity index (χ2n) is 4.21. The summed E-state index contributed by atoms with van der Waals surface area (Å²) in [5, 5.41) is 9.16. The molecule has 4 nitrogen and oxygen atoms in total. The van der Waals surface area contributed by atoms with E-state index in [1.165, 1.54) is 18.2 Å². The van der Waals surface area contributed by atoms with Crippen LogP contribution in [0, 0.1) is 11.3 Å². The minimum atomic E-state index is -3.80. The quantitative estimate of drug-likeness (QED) is 0.814. The first-order valence-electron chi connectivity index (χ1n) is 6.14. The zero-order valence-electron chi connectivity index (χ0n) is 11.4. The molecule has 0 aromatic heterocycles. The van der Waals surface area contributed by atoms with E-state index in [4.69, 9.17) is 10.00 Å². The zero-order chi connectivity index (χ0) is 15.3. The molecular weight excluding hydrogens is 286 g/mol. The van der Waals surface area contributed by atoms with Crippen LogP contribution in [0.2, 0.25) is 0 Å². The Kier molecular flexibility index (Phi) is 4.41. The lowest BCUT2D eigenvalue weighted by molar-refractivity contribution is 0.415. The van der Waals surface area contributed by atoms with E-state index in [9.17, 15) is 8.42 Å². The van der Waals surface area contributed by atoms with E-state index in [0.29, 0.717) is 11.3 Å². The van der Waals surface area contributed by atoms with Gasteiger partial charge in [0.15, 0.2) is 0 Å². The van der Waals surface area contributed by atoms with E-state index >= 15 is 0 Å². The van der Waals surface area contributed by atoms with Crippen LogP contribution in [0.5, 0.6) is 5.75 Å². The molecule has 2 rings (SSSR count). The lowest BCUT2D eigenvalue weighted by Crippen LogP contribution is -2.03. The number of rotatable bonds is 4. The average Bonchev–Trinajstić information content (AvgIpc) is 2.53. The summed E-state index contributed by atoms with van der Waals surface area (Å²) in [6.45, 7) is 0. The van der Waals surface area contributed by atoms with Crippen LogP contribution in [-0.4, -0.2) is 15.5 Å². The monoisotopic (exact) mass is 299 g/mol. The van der Waals surface area contributed by atoms with Gasteiger partial charge in [-0.25, -0.2) is 8.42 Å². The molecule has 0 N–H and O–H groups in total. The van der Waals surface area contributed by atoms with E-state index < -0.39 is 9.84 Å². The summed E-state index contributed by atoms with van der Waals surface area (Å²) in [7, 11) is -2.25. The third-order valence-electron chi connectivity index (χ3n) is 2.87. The molecule has 106 valence electrons. The maximum atomic E-state index is 12.4. The van der Waals surface area contributed by atoms with Crippen LogP contribution in [0.15, 0.2) is 64.4 Å². The molecule has 0 saturated heterocycles. The van der Waals surface area contributed by atoms with Crippen molar-refractivity contribution in [2.24, 2.45) is 0 Å². The van der Waals surface area contributed by atoms with Crippen molar-refractivity contribution >= 4 is 15.9 Å². The molecular formula is C16H13NO3S. The van der Waals surface area contributed by atoms with E-state index in [2.05, 4.69) is 0 Å². The Balaban J connectivity index is 2.44. The average molecular weight is 299 g/mol. The molecule has 2 aromatic carbocycles. The van der Waals surface area contributed by atoms with Crippen molar-refractivity contribution in [2.75, 3.05) is 7.11 Å². The second-order valence-corrected chi connectivity index (χ2v) is 6.13. The van der Waals surface area contributed by atoms with Crippen molar-refractivity contribution in [2.45, 2.75) is 4.90 Å². The molecule has 0 aliphatic rings. The van der Waals surface area contributed by atoms with Gasteiger partial charge in [-0.15, -0.1) is 0 Å². The number of nitrogens with zero attached hydrogens (tertiary/aromatic N) is 1. The molecule has 0 bridgehead atoms. The lowest BCUT2D eigenvalue weighted by atomic mass is 10.2. The number of allylic oxidation sites excluding steroid dienone is 1. The first-order chi connectivity index (χ1) is 10.1. The maximum absolute atomic E-state index is 12.4. The van der Waals surface area contributed by atoms with Crippen LogP contribution in [-0.2, 0) is 9.84 Å². The predicted molar refractivity (Wildman–Crippen MR) is 80.2 cm³/mol. The molecule has 0 radical (unpaired) electrons. The first-order valence-corrected chi connectivity index (χ1v) is 7.62. The maximum Gasteiger partial charge on any atom is 0.216 e. The Labute approximate surface area is 123 Å². The number of sulfone groups is 1. The summed E-state index contributed by atoms with van der Waals surface area (Å²) in [5.41, 5.74) is 0.617. The number of hydrogen-bond acceptors (Lipinski definition) is 4. The molecule has 0 unspecified atom stereocenters. The number of hydrogen-bond donors (Lipinski definition) is 0. The van der Waals surface area contributed by atoms with E-state index in [1.807, 2.05) is 0 Å². The highest BCUT2D eigenvalue weighted by molar-refractivity contribution is 7.95. The minimum absolute atomic E-state index is 0.103. The minimum Gasteiger partial charge on any atom is -0.497 e. The van der Waals surface area contributed by atoms with Gasteiger partial charge in [0.25, 0.3) is 0 Å². The van der Waals surface area contributed by atoms with Crippen molar-refractivity contribution in [3.8, 4) is 11.8 Å². The van der Waals surface area contributed by atoms with E-state index in [1.54, 1.807) is 55.6 Å². The highest BCUT2D eigenvalue weighted by atomic mass is 32.2. The number of nitriles is 1.